The molecular formula is C17H20N2O5. The van der Waals surface area contributed by atoms with Crippen LogP contribution in [0.15, 0.2) is 29.1 Å². The normalized spacial score (nSPS) is 25.8. The number of hydrogen-bond acceptors (Lipinski definition) is 5. The van der Waals surface area contributed by atoms with Crippen molar-refractivity contribution in [3.8, 4) is 5.75 Å². The maximum absolute atomic E-state index is 12.4. The maximum Gasteiger partial charge on any atom is 0.312 e. The number of benzene rings is 1. The summed E-state index contributed by atoms with van der Waals surface area (Å²) in [6.07, 6.45) is 0.154. The minimum atomic E-state index is -1.36. The monoisotopic (exact) mass is 332 g/mol. The molecule has 2 aromatic rings. The molecule has 7 nitrogen and oxygen atoms in total. The van der Waals surface area contributed by atoms with Gasteiger partial charge in [-0.2, -0.15) is 0 Å². The van der Waals surface area contributed by atoms with E-state index in [1.54, 1.807) is 38.3 Å². The summed E-state index contributed by atoms with van der Waals surface area (Å²) >= 11 is 0. The molecule has 3 N–H and O–H groups in total. The molecule has 0 amide bonds. The number of H-pyrrole nitrogens is 2. The van der Waals surface area contributed by atoms with Crippen LogP contribution < -0.4 is 10.3 Å². The maximum atomic E-state index is 12.4. The fourth-order valence-corrected chi connectivity index (χ4v) is 3.58. The highest BCUT2D eigenvalue weighted by molar-refractivity contribution is 5.77. The summed E-state index contributed by atoms with van der Waals surface area (Å²) in [4.78, 5) is 24.7. The Hall–Kier alpha value is -2.54. The van der Waals surface area contributed by atoms with Gasteiger partial charge in [-0.1, -0.05) is 12.1 Å². The molecule has 0 unspecified atom stereocenters. The molecule has 7 heteroatoms. The van der Waals surface area contributed by atoms with Crippen LogP contribution in [-0.4, -0.2) is 41.1 Å². The predicted octanol–water partition coefficient (Wildman–Crippen LogP) is 0.940. The Bertz CT molecular complexity index is 820. The molecule has 1 aromatic carbocycles. The van der Waals surface area contributed by atoms with E-state index in [0.29, 0.717) is 22.6 Å². The van der Waals surface area contributed by atoms with Gasteiger partial charge in [-0.3, -0.25) is 14.7 Å². The summed E-state index contributed by atoms with van der Waals surface area (Å²) in [6, 6.07) is 7.13. The first-order valence-corrected chi connectivity index (χ1v) is 7.62. The molecule has 1 aromatic heterocycles. The first kappa shape index (κ1) is 16.3. The van der Waals surface area contributed by atoms with Gasteiger partial charge in [0.2, 0.25) is 0 Å². The summed E-state index contributed by atoms with van der Waals surface area (Å²) in [7, 11) is 2.82. The van der Waals surface area contributed by atoms with Gasteiger partial charge in [0.25, 0.3) is 5.56 Å². The van der Waals surface area contributed by atoms with Crippen LogP contribution in [0.5, 0.6) is 5.75 Å². The fourth-order valence-electron chi connectivity index (χ4n) is 3.58. The quantitative estimate of drug-likeness (QED) is 0.726. The Balaban J connectivity index is 2.25. The van der Waals surface area contributed by atoms with Crippen molar-refractivity contribution in [3.05, 3.63) is 51.4 Å². The van der Waals surface area contributed by atoms with Crippen LogP contribution in [0.3, 0.4) is 0 Å². The van der Waals surface area contributed by atoms with Crippen molar-refractivity contribution in [1.82, 2.24) is 10.2 Å². The van der Waals surface area contributed by atoms with Gasteiger partial charge in [0.15, 0.2) is 0 Å². The standard InChI is InChI=1S/C17H20N2O5/c1-17(22)8-11-13(15(20)19-18-11)12(14(17)16(21)24-3)9-5-4-6-10(7-9)23-2/h4-7,12,14,22H,8H2,1-3H3,(H2,18,19,20)/t12-,14+,17-/m1/s1. The number of aromatic nitrogens is 2. The van der Waals surface area contributed by atoms with Crippen LogP contribution in [0.1, 0.15) is 29.7 Å². The van der Waals surface area contributed by atoms with Crippen LogP contribution in [0.25, 0.3) is 0 Å². The number of rotatable bonds is 3. The van der Waals surface area contributed by atoms with E-state index in [-0.39, 0.29) is 12.0 Å². The lowest BCUT2D eigenvalue weighted by Gasteiger charge is -2.40. The van der Waals surface area contributed by atoms with Crippen molar-refractivity contribution in [3.63, 3.8) is 0 Å². The second-order valence-corrected chi connectivity index (χ2v) is 6.26. The number of fused-ring (bicyclic) bond motifs is 1. The molecule has 0 spiro atoms. The van der Waals surface area contributed by atoms with Gasteiger partial charge >= 0.3 is 5.97 Å². The molecule has 128 valence electrons. The Morgan fingerprint density at radius 3 is 2.75 bits per heavy atom. The smallest absolute Gasteiger partial charge is 0.312 e. The van der Waals surface area contributed by atoms with Gasteiger partial charge in [-0.05, 0) is 24.6 Å². The first-order chi connectivity index (χ1) is 11.4. The lowest BCUT2D eigenvalue weighted by Crippen LogP contribution is -2.49. The van der Waals surface area contributed by atoms with Crippen LogP contribution in [-0.2, 0) is 16.0 Å². The van der Waals surface area contributed by atoms with E-state index in [0.717, 1.165) is 0 Å². The topological polar surface area (TPSA) is 104 Å². The Morgan fingerprint density at radius 2 is 2.08 bits per heavy atom. The number of carbonyl (C=O) groups is 1. The zero-order valence-electron chi connectivity index (χ0n) is 13.8. The summed E-state index contributed by atoms with van der Waals surface area (Å²) < 4.78 is 10.2. The molecule has 3 rings (SSSR count). The highest BCUT2D eigenvalue weighted by Crippen LogP contribution is 2.44. The zero-order chi connectivity index (χ0) is 17.5. The van der Waals surface area contributed by atoms with Crippen molar-refractivity contribution in [2.24, 2.45) is 5.92 Å². The first-order valence-electron chi connectivity index (χ1n) is 7.62. The van der Waals surface area contributed by atoms with Crippen LogP contribution in [0.4, 0.5) is 0 Å². The lowest BCUT2D eigenvalue weighted by molar-refractivity contribution is -0.156. The second kappa shape index (κ2) is 5.83. The third-order valence-electron chi connectivity index (χ3n) is 4.65. The number of nitrogens with one attached hydrogen (secondary N) is 2. The highest BCUT2D eigenvalue weighted by Gasteiger charge is 2.51. The third-order valence-corrected chi connectivity index (χ3v) is 4.65. The minimum Gasteiger partial charge on any atom is -0.497 e. The minimum absolute atomic E-state index is 0.154. The van der Waals surface area contributed by atoms with Crippen molar-refractivity contribution in [2.75, 3.05) is 14.2 Å². The summed E-state index contributed by atoms with van der Waals surface area (Å²) in [5, 5.41) is 16.2. The Labute approximate surface area is 138 Å². The van der Waals surface area contributed by atoms with Gasteiger partial charge in [-0.25, -0.2) is 0 Å². The Kier molecular flexibility index (Phi) is 3.96. The van der Waals surface area contributed by atoms with Gasteiger partial charge < -0.3 is 19.7 Å². The number of aromatic amines is 2. The summed E-state index contributed by atoms with van der Waals surface area (Å²) in [6.45, 7) is 1.58. The molecule has 3 atom stereocenters. The van der Waals surface area contributed by atoms with Gasteiger partial charge in [0.1, 0.15) is 5.75 Å². The Morgan fingerprint density at radius 1 is 1.33 bits per heavy atom. The average Bonchev–Trinajstić information content (AvgIpc) is 2.92. The highest BCUT2D eigenvalue weighted by atomic mass is 16.5. The van der Waals surface area contributed by atoms with E-state index in [2.05, 4.69) is 10.2 Å². The molecule has 0 radical (unpaired) electrons. The largest absolute Gasteiger partial charge is 0.497 e. The fraction of sp³-hybridized carbons (Fsp3) is 0.412. The van der Waals surface area contributed by atoms with Crippen molar-refractivity contribution in [2.45, 2.75) is 24.9 Å². The third kappa shape index (κ3) is 2.50. The van der Waals surface area contributed by atoms with E-state index < -0.39 is 23.4 Å². The van der Waals surface area contributed by atoms with Crippen molar-refractivity contribution in [1.29, 1.82) is 0 Å². The number of methoxy groups -OCH3 is 2. The molecule has 1 aliphatic rings. The molecule has 24 heavy (non-hydrogen) atoms. The molecule has 0 saturated heterocycles. The molecule has 1 heterocycles. The number of hydrogen-bond donors (Lipinski definition) is 3. The predicted molar refractivity (Wildman–Crippen MR) is 86.1 cm³/mol. The SMILES string of the molecule is COC(=O)[C@@H]1[C@H](c2cccc(OC)c2)c2c([nH][nH]c2=O)C[C@@]1(C)O. The molecule has 0 saturated carbocycles. The van der Waals surface area contributed by atoms with Crippen LogP contribution in [0, 0.1) is 5.92 Å². The lowest BCUT2D eigenvalue weighted by atomic mass is 9.66. The van der Waals surface area contributed by atoms with Crippen LogP contribution >= 0.6 is 0 Å². The van der Waals surface area contributed by atoms with E-state index >= 15 is 0 Å². The molecule has 0 aliphatic heterocycles. The molecule has 0 bridgehead atoms. The van der Waals surface area contributed by atoms with Crippen molar-refractivity contribution < 1.29 is 19.4 Å². The van der Waals surface area contributed by atoms with Gasteiger partial charge in [0.05, 0.1) is 25.7 Å². The van der Waals surface area contributed by atoms with Gasteiger partial charge in [0, 0.05) is 23.6 Å². The number of esters is 1. The van der Waals surface area contributed by atoms with E-state index in [1.807, 2.05) is 0 Å². The van der Waals surface area contributed by atoms with Gasteiger partial charge in [-0.15, -0.1) is 0 Å². The molecule has 1 aliphatic carbocycles. The zero-order valence-corrected chi connectivity index (χ0v) is 13.8. The molecular weight excluding hydrogens is 312 g/mol. The second-order valence-electron chi connectivity index (χ2n) is 6.26. The summed E-state index contributed by atoms with van der Waals surface area (Å²) in [5.74, 6) is -1.49. The van der Waals surface area contributed by atoms with Crippen LogP contribution in [0.2, 0.25) is 0 Å². The number of ether oxygens (including phenoxy) is 2. The van der Waals surface area contributed by atoms with E-state index in [1.165, 1.54) is 7.11 Å². The molecule has 0 fully saturated rings. The number of carbonyl (C=O) groups excluding carboxylic acids is 1. The number of aliphatic hydroxyl groups is 1. The summed E-state index contributed by atoms with van der Waals surface area (Å²) in [5.41, 5.74) is 0.0837. The van der Waals surface area contributed by atoms with E-state index in [4.69, 9.17) is 9.47 Å². The van der Waals surface area contributed by atoms with E-state index in [9.17, 15) is 14.7 Å². The average molecular weight is 332 g/mol. The van der Waals surface area contributed by atoms with Crippen molar-refractivity contribution >= 4 is 5.97 Å².